The highest BCUT2D eigenvalue weighted by Crippen LogP contribution is 2.18. The number of aromatic nitrogens is 1. The number of hydrogen-bond acceptors (Lipinski definition) is 1. The van der Waals surface area contributed by atoms with Gasteiger partial charge in [-0.3, -0.25) is 0 Å². The van der Waals surface area contributed by atoms with Crippen LogP contribution in [-0.4, -0.2) is 16.1 Å². The van der Waals surface area contributed by atoms with Gasteiger partial charge in [0.25, 0.3) is 0 Å². The average molecular weight is 212 g/mol. The van der Waals surface area contributed by atoms with Crippen molar-refractivity contribution in [3.8, 4) is 0 Å². The van der Waals surface area contributed by atoms with E-state index in [0.29, 0.717) is 5.56 Å². The lowest BCUT2D eigenvalue weighted by molar-refractivity contribution is 0.0697. The molecule has 0 spiro atoms. The van der Waals surface area contributed by atoms with Crippen LogP contribution in [0.25, 0.3) is 10.9 Å². The third kappa shape index (κ3) is 1.59. The van der Waals surface area contributed by atoms with E-state index in [9.17, 15) is 4.79 Å². The number of halogens is 1. The molecule has 2 rings (SSSR count). The number of fused-ring (bicyclic) bond motifs is 1. The van der Waals surface area contributed by atoms with E-state index in [1.165, 1.54) is 0 Å². The summed E-state index contributed by atoms with van der Waals surface area (Å²) in [5, 5.41) is 9.81. The van der Waals surface area contributed by atoms with Crippen LogP contribution in [0.1, 0.15) is 15.9 Å². The van der Waals surface area contributed by atoms with Gasteiger partial charge in [0.15, 0.2) is 0 Å². The average Bonchev–Trinajstić information content (AvgIpc) is 2.47. The fourth-order valence-corrected chi connectivity index (χ4v) is 1.40. The first-order valence-electron chi connectivity index (χ1n) is 3.99. The Kier molecular flexibility index (Phi) is 2.81. The molecule has 1 aromatic carbocycles. The van der Waals surface area contributed by atoms with Gasteiger partial charge in [-0.2, -0.15) is 0 Å². The molecule has 0 saturated carbocycles. The molecule has 2 aromatic rings. The van der Waals surface area contributed by atoms with Crippen molar-refractivity contribution in [2.24, 2.45) is 0 Å². The molecule has 0 amide bonds. The lowest BCUT2D eigenvalue weighted by Gasteiger charge is -1.94. The summed E-state index contributed by atoms with van der Waals surface area (Å²) >= 11 is 0. The Hall–Kier alpha value is -1.48. The van der Waals surface area contributed by atoms with E-state index in [1.807, 2.05) is 19.2 Å². The van der Waals surface area contributed by atoms with E-state index < -0.39 is 5.97 Å². The molecule has 0 saturated heterocycles. The SMILES string of the molecule is Cc1c[nH]c2cc(C(=O)O)ccc12.Cl. The summed E-state index contributed by atoms with van der Waals surface area (Å²) in [6, 6.07) is 5.08. The Bertz CT molecular complexity index is 476. The van der Waals surface area contributed by atoms with Crippen LogP contribution < -0.4 is 0 Å². The van der Waals surface area contributed by atoms with Crippen LogP contribution in [0, 0.1) is 6.92 Å². The number of carboxylic acid groups (broad SMARTS) is 1. The van der Waals surface area contributed by atoms with E-state index in [-0.39, 0.29) is 12.4 Å². The Labute approximate surface area is 87.2 Å². The summed E-state index contributed by atoms with van der Waals surface area (Å²) in [4.78, 5) is 13.7. The van der Waals surface area contributed by atoms with Gasteiger partial charge in [0.1, 0.15) is 0 Å². The maximum absolute atomic E-state index is 10.6. The zero-order chi connectivity index (χ0) is 9.42. The molecule has 2 N–H and O–H groups in total. The second-order valence-electron chi connectivity index (χ2n) is 3.04. The number of aryl methyl sites for hydroxylation is 1. The number of H-pyrrole nitrogens is 1. The number of benzene rings is 1. The van der Waals surface area contributed by atoms with Crippen molar-refractivity contribution in [2.75, 3.05) is 0 Å². The quantitative estimate of drug-likeness (QED) is 0.762. The highest BCUT2D eigenvalue weighted by atomic mass is 35.5. The Morgan fingerprint density at radius 2 is 2.14 bits per heavy atom. The fourth-order valence-electron chi connectivity index (χ4n) is 1.40. The van der Waals surface area contributed by atoms with Crippen LogP contribution in [0.3, 0.4) is 0 Å². The van der Waals surface area contributed by atoms with Gasteiger partial charge in [-0.25, -0.2) is 4.79 Å². The van der Waals surface area contributed by atoms with E-state index in [0.717, 1.165) is 16.5 Å². The molecule has 1 heterocycles. The summed E-state index contributed by atoms with van der Waals surface area (Å²) in [6.07, 6.45) is 1.87. The third-order valence-corrected chi connectivity index (χ3v) is 2.14. The normalized spacial score (nSPS) is 9.79. The van der Waals surface area contributed by atoms with Crippen molar-refractivity contribution in [3.63, 3.8) is 0 Å². The first-order valence-corrected chi connectivity index (χ1v) is 3.99. The van der Waals surface area contributed by atoms with E-state index in [2.05, 4.69) is 4.98 Å². The first-order chi connectivity index (χ1) is 6.18. The fraction of sp³-hybridized carbons (Fsp3) is 0.100. The second kappa shape index (κ2) is 3.72. The standard InChI is InChI=1S/C10H9NO2.ClH/c1-6-5-11-9-4-7(10(12)13)2-3-8(6)9;/h2-5,11H,1H3,(H,12,13);1H. The minimum atomic E-state index is -0.894. The van der Waals surface area contributed by atoms with E-state index in [1.54, 1.807) is 12.1 Å². The minimum absolute atomic E-state index is 0. The molecule has 0 radical (unpaired) electrons. The number of aromatic amines is 1. The van der Waals surface area contributed by atoms with Gasteiger partial charge in [0.2, 0.25) is 0 Å². The molecule has 0 fully saturated rings. The number of rotatable bonds is 1. The van der Waals surface area contributed by atoms with Crippen molar-refractivity contribution < 1.29 is 9.90 Å². The first kappa shape index (κ1) is 10.6. The molecular formula is C10H10ClNO2. The van der Waals surface area contributed by atoms with Gasteiger partial charge in [-0.1, -0.05) is 6.07 Å². The zero-order valence-electron chi connectivity index (χ0n) is 7.57. The Morgan fingerprint density at radius 1 is 1.43 bits per heavy atom. The van der Waals surface area contributed by atoms with Crippen LogP contribution in [0.2, 0.25) is 0 Å². The van der Waals surface area contributed by atoms with Crippen LogP contribution in [0.15, 0.2) is 24.4 Å². The van der Waals surface area contributed by atoms with Crippen LogP contribution in [0.4, 0.5) is 0 Å². The van der Waals surface area contributed by atoms with Gasteiger partial charge in [-0.15, -0.1) is 12.4 Å². The van der Waals surface area contributed by atoms with Gasteiger partial charge >= 0.3 is 5.97 Å². The molecule has 0 unspecified atom stereocenters. The number of carboxylic acids is 1. The monoisotopic (exact) mass is 211 g/mol. The van der Waals surface area contributed by atoms with Crippen molar-refractivity contribution in [1.82, 2.24) is 4.98 Å². The number of hydrogen-bond donors (Lipinski definition) is 2. The van der Waals surface area contributed by atoms with Crippen LogP contribution in [-0.2, 0) is 0 Å². The van der Waals surface area contributed by atoms with Gasteiger partial charge in [0, 0.05) is 17.1 Å². The lowest BCUT2D eigenvalue weighted by Crippen LogP contribution is -1.94. The Morgan fingerprint density at radius 3 is 2.79 bits per heavy atom. The summed E-state index contributed by atoms with van der Waals surface area (Å²) in [7, 11) is 0. The van der Waals surface area contributed by atoms with Crippen LogP contribution in [0.5, 0.6) is 0 Å². The van der Waals surface area contributed by atoms with Crippen molar-refractivity contribution in [1.29, 1.82) is 0 Å². The molecule has 0 aliphatic heterocycles. The maximum Gasteiger partial charge on any atom is 0.335 e. The molecular weight excluding hydrogens is 202 g/mol. The molecule has 74 valence electrons. The summed E-state index contributed by atoms with van der Waals surface area (Å²) in [5.74, 6) is -0.894. The molecule has 3 nitrogen and oxygen atoms in total. The second-order valence-corrected chi connectivity index (χ2v) is 3.04. The summed E-state index contributed by atoms with van der Waals surface area (Å²) in [6.45, 7) is 1.99. The largest absolute Gasteiger partial charge is 0.478 e. The smallest absolute Gasteiger partial charge is 0.335 e. The summed E-state index contributed by atoms with van der Waals surface area (Å²) in [5.41, 5.74) is 2.32. The van der Waals surface area contributed by atoms with Crippen molar-refractivity contribution in [2.45, 2.75) is 6.92 Å². The summed E-state index contributed by atoms with van der Waals surface area (Å²) < 4.78 is 0. The molecule has 0 atom stereocenters. The topological polar surface area (TPSA) is 53.1 Å². The highest BCUT2D eigenvalue weighted by molar-refractivity contribution is 5.94. The van der Waals surface area contributed by atoms with E-state index in [4.69, 9.17) is 5.11 Å². The number of aromatic carboxylic acids is 1. The van der Waals surface area contributed by atoms with Gasteiger partial charge in [0.05, 0.1) is 5.56 Å². The van der Waals surface area contributed by atoms with Crippen molar-refractivity contribution >= 4 is 29.3 Å². The van der Waals surface area contributed by atoms with Gasteiger partial charge in [-0.05, 0) is 24.6 Å². The predicted molar refractivity (Wildman–Crippen MR) is 57.2 cm³/mol. The Balaban J connectivity index is 0.000000980. The van der Waals surface area contributed by atoms with E-state index >= 15 is 0 Å². The molecule has 4 heteroatoms. The molecule has 1 aromatic heterocycles. The minimum Gasteiger partial charge on any atom is -0.478 e. The molecule has 0 bridgehead atoms. The third-order valence-electron chi connectivity index (χ3n) is 2.14. The highest BCUT2D eigenvalue weighted by Gasteiger charge is 2.05. The van der Waals surface area contributed by atoms with Crippen molar-refractivity contribution in [3.05, 3.63) is 35.5 Å². The number of nitrogens with one attached hydrogen (secondary N) is 1. The number of carbonyl (C=O) groups is 1. The molecule has 0 aliphatic carbocycles. The predicted octanol–water partition coefficient (Wildman–Crippen LogP) is 2.60. The van der Waals surface area contributed by atoms with Gasteiger partial charge < -0.3 is 10.1 Å². The molecule has 14 heavy (non-hydrogen) atoms. The lowest BCUT2D eigenvalue weighted by atomic mass is 10.1. The molecule has 0 aliphatic rings. The van der Waals surface area contributed by atoms with Crippen LogP contribution >= 0.6 is 12.4 Å². The zero-order valence-corrected chi connectivity index (χ0v) is 8.39. The maximum atomic E-state index is 10.6.